The number of hydrogen-bond donors (Lipinski definition) is 1. The lowest BCUT2D eigenvalue weighted by atomic mass is 10.3. The Morgan fingerprint density at radius 2 is 2.18 bits per heavy atom. The molecule has 0 aliphatic heterocycles. The Labute approximate surface area is 72.3 Å². The highest BCUT2D eigenvalue weighted by Crippen LogP contribution is 2.23. The van der Waals surface area contributed by atoms with E-state index in [4.69, 9.17) is 16.7 Å². The third-order valence-electron chi connectivity index (χ3n) is 1.23. The summed E-state index contributed by atoms with van der Waals surface area (Å²) < 4.78 is 10.9. The highest BCUT2D eigenvalue weighted by atomic mass is 35.5. The minimum absolute atomic E-state index is 0.0234. The molecule has 0 heterocycles. The summed E-state index contributed by atoms with van der Waals surface area (Å²) in [5.74, 6) is 0.0234. The fourth-order valence-electron chi connectivity index (χ4n) is 0.718. The minimum atomic E-state index is -1.19. The van der Waals surface area contributed by atoms with E-state index in [0.29, 0.717) is 9.92 Å². The Hall–Kier alpha value is -0.540. The SMILES string of the molecule is CS(=O)c1cc(Cl)ccc1O. The molecule has 1 atom stereocenters. The first-order chi connectivity index (χ1) is 5.11. The van der Waals surface area contributed by atoms with Crippen molar-refractivity contribution >= 4 is 22.4 Å². The van der Waals surface area contributed by atoms with E-state index >= 15 is 0 Å². The van der Waals surface area contributed by atoms with Gasteiger partial charge in [0, 0.05) is 11.3 Å². The van der Waals surface area contributed by atoms with Gasteiger partial charge in [0.25, 0.3) is 0 Å². The molecule has 11 heavy (non-hydrogen) atoms. The Bertz CT molecular complexity index is 298. The second-order valence-corrected chi connectivity index (χ2v) is 3.85. The average Bonchev–Trinajstić information content (AvgIpc) is 1.94. The van der Waals surface area contributed by atoms with E-state index in [2.05, 4.69) is 0 Å². The van der Waals surface area contributed by atoms with E-state index in [1.54, 1.807) is 6.07 Å². The molecule has 1 rings (SSSR count). The number of hydrogen-bond acceptors (Lipinski definition) is 2. The highest BCUT2D eigenvalue weighted by molar-refractivity contribution is 7.84. The first-order valence-electron chi connectivity index (χ1n) is 2.93. The molecular formula is C7H7ClO2S. The van der Waals surface area contributed by atoms with E-state index in [0.717, 1.165) is 0 Å². The minimum Gasteiger partial charge on any atom is -0.507 e. The van der Waals surface area contributed by atoms with Crippen molar-refractivity contribution in [3.8, 4) is 5.75 Å². The standard InChI is InChI=1S/C7H7ClO2S/c1-11(10)7-4-5(8)2-3-6(7)9/h2-4,9H,1H3. The maximum Gasteiger partial charge on any atom is 0.131 e. The zero-order chi connectivity index (χ0) is 8.43. The maximum atomic E-state index is 10.9. The van der Waals surface area contributed by atoms with Crippen LogP contribution in [-0.2, 0) is 10.8 Å². The van der Waals surface area contributed by atoms with Gasteiger partial charge in [-0.05, 0) is 18.2 Å². The van der Waals surface area contributed by atoms with E-state index in [1.165, 1.54) is 18.4 Å². The van der Waals surface area contributed by atoms with Gasteiger partial charge in [0.1, 0.15) is 5.75 Å². The Morgan fingerprint density at radius 3 is 2.64 bits per heavy atom. The summed E-state index contributed by atoms with van der Waals surface area (Å²) in [5.41, 5.74) is 0. The molecule has 0 spiro atoms. The molecule has 2 nitrogen and oxygen atoms in total. The molecule has 0 fully saturated rings. The van der Waals surface area contributed by atoms with E-state index < -0.39 is 10.8 Å². The Balaban J connectivity index is 3.23. The predicted octanol–water partition coefficient (Wildman–Crippen LogP) is 1.78. The van der Waals surface area contributed by atoms with Gasteiger partial charge in [-0.3, -0.25) is 4.21 Å². The number of benzene rings is 1. The molecule has 60 valence electrons. The molecule has 0 amide bonds. The second kappa shape index (κ2) is 3.24. The molecule has 0 saturated carbocycles. The smallest absolute Gasteiger partial charge is 0.131 e. The summed E-state index contributed by atoms with van der Waals surface area (Å²) >= 11 is 5.62. The van der Waals surface area contributed by atoms with Crippen LogP contribution < -0.4 is 0 Å². The first-order valence-corrected chi connectivity index (χ1v) is 4.87. The molecule has 0 aromatic heterocycles. The lowest BCUT2D eigenvalue weighted by Crippen LogP contribution is -1.87. The van der Waals surface area contributed by atoms with Gasteiger partial charge in [0.15, 0.2) is 0 Å². The molecule has 4 heteroatoms. The molecule has 1 aromatic carbocycles. The van der Waals surface area contributed by atoms with Crippen LogP contribution in [0.2, 0.25) is 5.02 Å². The molecule has 0 radical (unpaired) electrons. The molecule has 1 N–H and O–H groups in total. The van der Waals surface area contributed by atoms with Crippen molar-refractivity contribution in [2.24, 2.45) is 0 Å². The third-order valence-corrected chi connectivity index (χ3v) is 2.41. The quantitative estimate of drug-likeness (QED) is 0.733. The van der Waals surface area contributed by atoms with Crippen LogP contribution in [0.5, 0.6) is 5.75 Å². The van der Waals surface area contributed by atoms with Crippen LogP contribution in [0, 0.1) is 0 Å². The van der Waals surface area contributed by atoms with Crippen molar-refractivity contribution in [2.75, 3.05) is 6.26 Å². The largest absolute Gasteiger partial charge is 0.507 e. The van der Waals surface area contributed by atoms with Crippen molar-refractivity contribution in [1.82, 2.24) is 0 Å². The molecule has 0 aliphatic rings. The monoisotopic (exact) mass is 190 g/mol. The van der Waals surface area contributed by atoms with Crippen LogP contribution in [0.25, 0.3) is 0 Å². The van der Waals surface area contributed by atoms with Gasteiger partial charge in [-0.2, -0.15) is 0 Å². The first kappa shape index (κ1) is 8.56. The van der Waals surface area contributed by atoms with Crippen LogP contribution in [0.3, 0.4) is 0 Å². The Morgan fingerprint density at radius 1 is 1.55 bits per heavy atom. The van der Waals surface area contributed by atoms with Crippen molar-refractivity contribution in [1.29, 1.82) is 0 Å². The summed E-state index contributed by atoms with van der Waals surface area (Å²) in [6, 6.07) is 4.47. The van der Waals surface area contributed by atoms with Gasteiger partial charge in [-0.1, -0.05) is 11.6 Å². The van der Waals surface area contributed by atoms with Crippen molar-refractivity contribution in [3.05, 3.63) is 23.2 Å². The highest BCUT2D eigenvalue weighted by Gasteiger charge is 2.04. The molecular weight excluding hydrogens is 184 g/mol. The van der Waals surface area contributed by atoms with Gasteiger partial charge in [-0.25, -0.2) is 0 Å². The van der Waals surface area contributed by atoms with E-state index in [-0.39, 0.29) is 5.75 Å². The van der Waals surface area contributed by atoms with Gasteiger partial charge < -0.3 is 5.11 Å². The van der Waals surface area contributed by atoms with E-state index in [9.17, 15) is 4.21 Å². The molecule has 0 saturated heterocycles. The molecule has 1 aromatic rings. The zero-order valence-electron chi connectivity index (χ0n) is 5.87. The lowest BCUT2D eigenvalue weighted by Gasteiger charge is -1.99. The number of phenolic OH excluding ortho intramolecular Hbond substituents is 1. The fourth-order valence-corrected chi connectivity index (χ4v) is 1.61. The summed E-state index contributed by atoms with van der Waals surface area (Å²) in [6.45, 7) is 0. The van der Waals surface area contributed by atoms with Crippen molar-refractivity contribution in [3.63, 3.8) is 0 Å². The maximum absolute atomic E-state index is 10.9. The average molecular weight is 191 g/mol. The van der Waals surface area contributed by atoms with Crippen LogP contribution >= 0.6 is 11.6 Å². The Kier molecular flexibility index (Phi) is 2.52. The van der Waals surface area contributed by atoms with Crippen molar-refractivity contribution < 1.29 is 9.32 Å². The molecule has 0 bridgehead atoms. The second-order valence-electron chi connectivity index (χ2n) is 2.07. The number of aromatic hydroxyl groups is 1. The third kappa shape index (κ3) is 1.94. The summed E-state index contributed by atoms with van der Waals surface area (Å²) in [7, 11) is -1.19. The van der Waals surface area contributed by atoms with Crippen LogP contribution in [0.1, 0.15) is 0 Å². The topological polar surface area (TPSA) is 37.3 Å². The number of phenols is 1. The van der Waals surface area contributed by atoms with Crippen LogP contribution in [0.4, 0.5) is 0 Å². The van der Waals surface area contributed by atoms with Crippen molar-refractivity contribution in [2.45, 2.75) is 4.90 Å². The molecule has 1 unspecified atom stereocenters. The van der Waals surface area contributed by atoms with Gasteiger partial charge >= 0.3 is 0 Å². The van der Waals surface area contributed by atoms with Crippen LogP contribution in [-0.4, -0.2) is 15.6 Å². The number of rotatable bonds is 1. The van der Waals surface area contributed by atoms with Crippen LogP contribution in [0.15, 0.2) is 23.1 Å². The summed E-state index contributed by atoms with van der Waals surface area (Å²) in [4.78, 5) is 0.373. The predicted molar refractivity (Wildman–Crippen MR) is 45.4 cm³/mol. The zero-order valence-corrected chi connectivity index (χ0v) is 7.45. The normalized spacial score (nSPS) is 12.9. The van der Waals surface area contributed by atoms with E-state index in [1.807, 2.05) is 0 Å². The van der Waals surface area contributed by atoms with Gasteiger partial charge in [-0.15, -0.1) is 0 Å². The number of halogens is 1. The fraction of sp³-hybridized carbons (Fsp3) is 0.143. The van der Waals surface area contributed by atoms with Gasteiger partial charge in [0.2, 0.25) is 0 Å². The summed E-state index contributed by atoms with van der Waals surface area (Å²) in [5, 5.41) is 9.63. The summed E-state index contributed by atoms with van der Waals surface area (Å²) in [6.07, 6.45) is 1.49. The molecule has 0 aliphatic carbocycles. The van der Waals surface area contributed by atoms with Gasteiger partial charge in [0.05, 0.1) is 15.7 Å². The lowest BCUT2D eigenvalue weighted by molar-refractivity contribution is 0.461.